The van der Waals surface area contributed by atoms with Crippen LogP contribution in [0.4, 0.5) is 4.39 Å². The molecule has 6 heteroatoms. The van der Waals surface area contributed by atoms with Crippen LogP contribution in [0.1, 0.15) is 5.56 Å². The van der Waals surface area contributed by atoms with Crippen LogP contribution in [0, 0.1) is 5.82 Å². The lowest BCUT2D eigenvalue weighted by molar-refractivity contribution is 0.348. The van der Waals surface area contributed by atoms with E-state index in [1.54, 1.807) is 0 Å². The van der Waals surface area contributed by atoms with Crippen molar-refractivity contribution < 1.29 is 18.7 Å². The number of rotatable bonds is 4. The quantitative estimate of drug-likeness (QED) is 0.604. The zero-order valence-corrected chi connectivity index (χ0v) is 9.47. The van der Waals surface area contributed by atoms with Crippen LogP contribution in [-0.2, 0) is 11.3 Å². The second-order valence-electron chi connectivity index (χ2n) is 2.79. The molecule has 0 atom stereocenters. The summed E-state index contributed by atoms with van der Waals surface area (Å²) in [5.41, 5.74) is 0.0650. The first-order chi connectivity index (χ1) is 7.65. The first kappa shape index (κ1) is 12.5. The fourth-order valence-corrected chi connectivity index (χ4v) is 1.48. The lowest BCUT2D eigenvalue weighted by Gasteiger charge is -2.12. The highest BCUT2D eigenvalue weighted by Gasteiger charge is 2.18. The highest BCUT2D eigenvalue weighted by molar-refractivity contribution is 6.31. The van der Waals surface area contributed by atoms with Crippen molar-refractivity contribution in [2.24, 2.45) is 4.99 Å². The fourth-order valence-electron chi connectivity index (χ4n) is 1.26. The van der Waals surface area contributed by atoms with Gasteiger partial charge in [-0.2, -0.15) is 0 Å². The zero-order valence-electron chi connectivity index (χ0n) is 8.71. The van der Waals surface area contributed by atoms with Gasteiger partial charge in [-0.15, -0.1) is 0 Å². The molecule has 0 unspecified atom stereocenters. The standard InChI is InChI=1S/C10H9ClFNO3/c1-15-8-3-7(11)9(12)6(4-13-5-14)10(8)16-2/h3H,4H2,1-2H3. The molecule has 0 saturated carbocycles. The molecule has 0 bridgehead atoms. The third-order valence-electron chi connectivity index (χ3n) is 1.96. The first-order valence-electron chi connectivity index (χ1n) is 4.28. The Morgan fingerprint density at radius 2 is 2.19 bits per heavy atom. The molecule has 0 N–H and O–H groups in total. The molecule has 0 amide bonds. The van der Waals surface area contributed by atoms with Gasteiger partial charge in [-0.05, 0) is 0 Å². The van der Waals surface area contributed by atoms with Crippen LogP contribution < -0.4 is 9.47 Å². The van der Waals surface area contributed by atoms with Crippen LogP contribution in [0.15, 0.2) is 11.1 Å². The van der Waals surface area contributed by atoms with Crippen molar-refractivity contribution >= 4 is 17.7 Å². The Morgan fingerprint density at radius 3 is 2.69 bits per heavy atom. The predicted octanol–water partition coefficient (Wildman–Crippen LogP) is 2.33. The van der Waals surface area contributed by atoms with Crippen LogP contribution in [0.3, 0.4) is 0 Å². The maximum atomic E-state index is 13.6. The number of nitrogens with zero attached hydrogens (tertiary/aromatic N) is 1. The van der Waals surface area contributed by atoms with E-state index in [0.717, 1.165) is 0 Å². The summed E-state index contributed by atoms with van der Waals surface area (Å²) >= 11 is 5.65. The normalized spacial score (nSPS) is 9.50. The van der Waals surface area contributed by atoms with Crippen LogP contribution >= 0.6 is 11.6 Å². The number of benzene rings is 1. The number of halogens is 2. The lowest BCUT2D eigenvalue weighted by atomic mass is 10.1. The van der Waals surface area contributed by atoms with Gasteiger partial charge in [0, 0.05) is 6.07 Å². The monoisotopic (exact) mass is 245 g/mol. The van der Waals surface area contributed by atoms with Gasteiger partial charge in [0.1, 0.15) is 0 Å². The minimum atomic E-state index is -0.682. The lowest BCUT2D eigenvalue weighted by Crippen LogP contribution is -1.99. The van der Waals surface area contributed by atoms with Gasteiger partial charge in [0.05, 0.1) is 31.4 Å². The Bertz CT molecular complexity index is 444. The smallest absolute Gasteiger partial charge is 0.235 e. The molecule has 0 heterocycles. The van der Waals surface area contributed by atoms with Gasteiger partial charge < -0.3 is 9.47 Å². The van der Waals surface area contributed by atoms with E-state index in [1.807, 2.05) is 0 Å². The van der Waals surface area contributed by atoms with Crippen molar-refractivity contribution in [2.45, 2.75) is 6.54 Å². The van der Waals surface area contributed by atoms with Gasteiger partial charge in [-0.3, -0.25) is 0 Å². The van der Waals surface area contributed by atoms with Crippen LogP contribution in [0.5, 0.6) is 11.5 Å². The first-order valence-corrected chi connectivity index (χ1v) is 4.66. The number of aliphatic imine (C=N–C) groups is 1. The minimum Gasteiger partial charge on any atom is -0.493 e. The average Bonchev–Trinajstić information content (AvgIpc) is 2.30. The van der Waals surface area contributed by atoms with Gasteiger partial charge in [0.2, 0.25) is 6.08 Å². The van der Waals surface area contributed by atoms with E-state index in [-0.39, 0.29) is 28.6 Å². The maximum Gasteiger partial charge on any atom is 0.235 e. The molecule has 0 spiro atoms. The maximum absolute atomic E-state index is 13.6. The number of hydrogen-bond donors (Lipinski definition) is 0. The van der Waals surface area contributed by atoms with Gasteiger partial charge in [-0.25, -0.2) is 14.2 Å². The van der Waals surface area contributed by atoms with Gasteiger partial charge in [-0.1, -0.05) is 11.6 Å². The molecule has 4 nitrogen and oxygen atoms in total. The zero-order chi connectivity index (χ0) is 12.1. The molecule has 1 rings (SSSR count). The Morgan fingerprint density at radius 1 is 1.50 bits per heavy atom. The van der Waals surface area contributed by atoms with E-state index in [0.29, 0.717) is 0 Å². The summed E-state index contributed by atoms with van der Waals surface area (Å²) in [6.45, 7) is -0.199. The number of methoxy groups -OCH3 is 2. The van der Waals surface area contributed by atoms with E-state index in [1.165, 1.54) is 26.4 Å². The van der Waals surface area contributed by atoms with Crippen molar-refractivity contribution in [2.75, 3.05) is 14.2 Å². The van der Waals surface area contributed by atoms with Crippen molar-refractivity contribution in [3.05, 3.63) is 22.5 Å². The molecule has 0 saturated heterocycles. The molecule has 0 aliphatic carbocycles. The summed E-state index contributed by atoms with van der Waals surface area (Å²) < 4.78 is 23.6. The molecular weight excluding hydrogens is 237 g/mol. The summed E-state index contributed by atoms with van der Waals surface area (Å²) in [7, 11) is 2.76. The molecule has 0 aromatic heterocycles. The van der Waals surface area contributed by atoms with Crippen molar-refractivity contribution in [1.29, 1.82) is 0 Å². The molecule has 0 aliphatic heterocycles. The topological polar surface area (TPSA) is 47.9 Å². The fraction of sp³-hybridized carbons (Fsp3) is 0.300. The molecular formula is C10H9ClFNO3. The highest BCUT2D eigenvalue weighted by atomic mass is 35.5. The number of isocyanates is 1. The molecule has 0 radical (unpaired) electrons. The Kier molecular flexibility index (Phi) is 4.28. The van der Waals surface area contributed by atoms with Gasteiger partial charge in [0.15, 0.2) is 17.3 Å². The second-order valence-corrected chi connectivity index (χ2v) is 3.20. The van der Waals surface area contributed by atoms with E-state index in [4.69, 9.17) is 21.1 Å². The number of carbonyl (C=O) groups excluding carboxylic acids is 1. The Labute approximate surface area is 96.6 Å². The van der Waals surface area contributed by atoms with Crippen LogP contribution in [-0.4, -0.2) is 20.3 Å². The molecule has 0 aliphatic rings. The molecule has 86 valence electrons. The van der Waals surface area contributed by atoms with E-state index in [2.05, 4.69) is 4.99 Å². The number of ether oxygens (including phenoxy) is 2. The summed E-state index contributed by atoms with van der Waals surface area (Å²) in [4.78, 5) is 13.3. The van der Waals surface area contributed by atoms with Gasteiger partial charge >= 0.3 is 0 Å². The molecule has 0 fully saturated rings. The second kappa shape index (κ2) is 5.49. The van der Waals surface area contributed by atoms with Crippen molar-refractivity contribution in [3.8, 4) is 11.5 Å². The summed E-state index contributed by atoms with van der Waals surface area (Å²) in [5, 5.41) is -0.117. The van der Waals surface area contributed by atoms with Gasteiger partial charge in [0.25, 0.3) is 0 Å². The SMILES string of the molecule is COc1cc(Cl)c(F)c(CN=C=O)c1OC. The highest BCUT2D eigenvalue weighted by Crippen LogP contribution is 2.37. The van der Waals surface area contributed by atoms with E-state index >= 15 is 0 Å². The molecule has 1 aromatic carbocycles. The predicted molar refractivity (Wildman–Crippen MR) is 56.3 cm³/mol. The average molecular weight is 246 g/mol. The van der Waals surface area contributed by atoms with Crippen LogP contribution in [0.25, 0.3) is 0 Å². The van der Waals surface area contributed by atoms with E-state index < -0.39 is 5.82 Å². The summed E-state index contributed by atoms with van der Waals surface area (Å²) in [6, 6.07) is 1.30. The summed E-state index contributed by atoms with van der Waals surface area (Å²) in [5.74, 6) is -0.230. The summed E-state index contributed by atoms with van der Waals surface area (Å²) in [6.07, 6.45) is 1.32. The Hall–Kier alpha value is -1.58. The van der Waals surface area contributed by atoms with E-state index in [9.17, 15) is 9.18 Å². The Balaban J connectivity index is 3.39. The number of hydrogen-bond acceptors (Lipinski definition) is 4. The third-order valence-corrected chi connectivity index (χ3v) is 2.23. The largest absolute Gasteiger partial charge is 0.493 e. The van der Waals surface area contributed by atoms with Crippen LogP contribution in [0.2, 0.25) is 5.02 Å². The third kappa shape index (κ3) is 2.32. The molecule has 1 aromatic rings. The van der Waals surface area contributed by atoms with Crippen molar-refractivity contribution in [1.82, 2.24) is 0 Å². The minimum absolute atomic E-state index is 0.0650. The molecule has 16 heavy (non-hydrogen) atoms. The van der Waals surface area contributed by atoms with Crippen molar-refractivity contribution in [3.63, 3.8) is 0 Å².